The van der Waals surface area contributed by atoms with Crippen molar-refractivity contribution in [2.24, 2.45) is 23.7 Å². The van der Waals surface area contributed by atoms with Crippen LogP contribution in [0.1, 0.15) is 128 Å². The average molecular weight is 479 g/mol. The lowest BCUT2D eigenvalue weighted by Crippen LogP contribution is -2.26. The van der Waals surface area contributed by atoms with Crippen LogP contribution in [0, 0.1) is 29.5 Å². The molecular formula is C34H51F. The van der Waals surface area contributed by atoms with E-state index >= 15 is 4.39 Å². The van der Waals surface area contributed by atoms with E-state index in [0.29, 0.717) is 0 Å². The van der Waals surface area contributed by atoms with Gasteiger partial charge in [0, 0.05) is 5.39 Å². The molecule has 0 radical (unpaired) electrons. The van der Waals surface area contributed by atoms with Crippen molar-refractivity contribution >= 4 is 10.8 Å². The second-order valence-electron chi connectivity index (χ2n) is 12.1. The average Bonchev–Trinajstić information content (AvgIpc) is 2.89. The largest absolute Gasteiger partial charge is 0.206 e. The summed E-state index contributed by atoms with van der Waals surface area (Å²) in [4.78, 5) is 0. The summed E-state index contributed by atoms with van der Waals surface area (Å²) >= 11 is 0. The summed E-state index contributed by atoms with van der Waals surface area (Å²) in [7, 11) is 0. The molecule has 0 saturated heterocycles. The van der Waals surface area contributed by atoms with Gasteiger partial charge in [-0.15, -0.1) is 0 Å². The van der Waals surface area contributed by atoms with Gasteiger partial charge in [-0.2, -0.15) is 0 Å². The molecule has 0 amide bonds. The van der Waals surface area contributed by atoms with E-state index in [9.17, 15) is 0 Å². The maximum Gasteiger partial charge on any atom is 0.134 e. The minimum absolute atomic E-state index is 0.0343. The number of hydrogen-bond donors (Lipinski definition) is 0. The summed E-state index contributed by atoms with van der Waals surface area (Å²) in [5, 5.41) is 1.89. The van der Waals surface area contributed by atoms with Crippen LogP contribution in [-0.4, -0.2) is 0 Å². The van der Waals surface area contributed by atoms with E-state index in [-0.39, 0.29) is 5.82 Å². The van der Waals surface area contributed by atoms with Crippen molar-refractivity contribution < 1.29 is 4.39 Å². The molecule has 2 saturated carbocycles. The second kappa shape index (κ2) is 13.8. The van der Waals surface area contributed by atoms with Crippen LogP contribution in [0.3, 0.4) is 0 Å². The normalized spacial score (nSPS) is 25.2. The highest BCUT2D eigenvalue weighted by Gasteiger charge is 2.30. The van der Waals surface area contributed by atoms with Gasteiger partial charge in [0.15, 0.2) is 0 Å². The molecule has 2 aromatic rings. The SMILES string of the molecule is CCCCCc1ccc2c(F)c(CCC3CCC(C4CCC(CCCCC)CC4)CC3)ccc2c1. The van der Waals surface area contributed by atoms with Gasteiger partial charge in [-0.05, 0) is 91.6 Å². The Morgan fingerprint density at radius 3 is 1.94 bits per heavy atom. The zero-order valence-corrected chi connectivity index (χ0v) is 22.8. The molecule has 35 heavy (non-hydrogen) atoms. The van der Waals surface area contributed by atoms with Crippen molar-refractivity contribution in [2.45, 2.75) is 129 Å². The minimum atomic E-state index is 0.0343. The van der Waals surface area contributed by atoms with Crippen LogP contribution in [0.15, 0.2) is 30.3 Å². The molecule has 0 N–H and O–H groups in total. The van der Waals surface area contributed by atoms with E-state index in [2.05, 4.69) is 38.1 Å². The van der Waals surface area contributed by atoms with Gasteiger partial charge in [0.2, 0.25) is 0 Å². The molecule has 0 nitrogen and oxygen atoms in total. The number of halogens is 1. The summed E-state index contributed by atoms with van der Waals surface area (Å²) in [5.74, 6) is 3.84. The van der Waals surface area contributed by atoms with Gasteiger partial charge in [-0.1, -0.05) is 108 Å². The second-order valence-corrected chi connectivity index (χ2v) is 12.1. The maximum atomic E-state index is 15.3. The summed E-state index contributed by atoms with van der Waals surface area (Å²) in [6, 6.07) is 10.6. The molecule has 0 spiro atoms. The van der Waals surface area contributed by atoms with Crippen LogP contribution >= 0.6 is 0 Å². The van der Waals surface area contributed by atoms with Crippen LogP contribution < -0.4 is 0 Å². The first-order valence-electron chi connectivity index (χ1n) is 15.4. The first kappa shape index (κ1) is 26.7. The third kappa shape index (κ3) is 7.56. The third-order valence-corrected chi connectivity index (χ3v) is 9.65. The monoisotopic (exact) mass is 478 g/mol. The number of aryl methyl sites for hydroxylation is 2. The van der Waals surface area contributed by atoms with Crippen LogP contribution in [0.5, 0.6) is 0 Å². The van der Waals surface area contributed by atoms with Crippen molar-refractivity contribution in [2.75, 3.05) is 0 Å². The van der Waals surface area contributed by atoms with Gasteiger partial charge < -0.3 is 0 Å². The third-order valence-electron chi connectivity index (χ3n) is 9.65. The van der Waals surface area contributed by atoms with Gasteiger partial charge in [0.05, 0.1) is 0 Å². The molecule has 0 unspecified atom stereocenters. The Hall–Kier alpha value is -1.37. The fourth-order valence-corrected chi connectivity index (χ4v) is 7.25. The molecule has 4 rings (SSSR count). The van der Waals surface area contributed by atoms with E-state index in [1.165, 1.54) is 102 Å². The topological polar surface area (TPSA) is 0 Å². The van der Waals surface area contributed by atoms with Crippen LogP contribution in [0.4, 0.5) is 4.39 Å². The fourth-order valence-electron chi connectivity index (χ4n) is 7.25. The van der Waals surface area contributed by atoms with Crippen LogP contribution in [0.25, 0.3) is 10.8 Å². The fraction of sp³-hybridized carbons (Fsp3) is 0.706. The van der Waals surface area contributed by atoms with Gasteiger partial charge >= 0.3 is 0 Å². The molecule has 2 aliphatic carbocycles. The minimum Gasteiger partial charge on any atom is -0.206 e. The first-order valence-corrected chi connectivity index (χ1v) is 15.4. The van der Waals surface area contributed by atoms with Crippen molar-refractivity contribution in [3.05, 3.63) is 47.3 Å². The van der Waals surface area contributed by atoms with E-state index in [1.807, 2.05) is 6.07 Å². The molecule has 0 aromatic heterocycles. The van der Waals surface area contributed by atoms with E-state index < -0.39 is 0 Å². The molecular weight excluding hydrogens is 427 g/mol. The lowest BCUT2D eigenvalue weighted by molar-refractivity contribution is 0.140. The van der Waals surface area contributed by atoms with Crippen molar-refractivity contribution in [1.82, 2.24) is 0 Å². The van der Waals surface area contributed by atoms with Gasteiger partial charge in [-0.25, -0.2) is 4.39 Å². The Morgan fingerprint density at radius 1 is 0.657 bits per heavy atom. The molecule has 2 aromatic carbocycles. The Balaban J connectivity index is 1.21. The Morgan fingerprint density at radius 2 is 1.29 bits per heavy atom. The molecule has 2 fully saturated rings. The van der Waals surface area contributed by atoms with Gasteiger partial charge in [0.1, 0.15) is 5.82 Å². The van der Waals surface area contributed by atoms with E-state index in [0.717, 1.165) is 59.3 Å². The Labute approximate surface area is 215 Å². The molecule has 2 aliphatic rings. The van der Waals surface area contributed by atoms with Crippen molar-refractivity contribution in [3.63, 3.8) is 0 Å². The quantitative estimate of drug-likeness (QED) is 0.266. The number of hydrogen-bond acceptors (Lipinski definition) is 0. The van der Waals surface area contributed by atoms with Crippen LogP contribution in [0.2, 0.25) is 0 Å². The highest BCUT2D eigenvalue weighted by atomic mass is 19.1. The molecule has 1 heteroatoms. The summed E-state index contributed by atoms with van der Waals surface area (Å²) in [5.41, 5.74) is 2.28. The summed E-state index contributed by atoms with van der Waals surface area (Å²) in [6.07, 6.45) is 24.2. The van der Waals surface area contributed by atoms with E-state index in [4.69, 9.17) is 0 Å². The van der Waals surface area contributed by atoms with Crippen molar-refractivity contribution in [3.8, 4) is 0 Å². The highest BCUT2D eigenvalue weighted by molar-refractivity contribution is 5.84. The number of rotatable bonds is 12. The molecule has 194 valence electrons. The Kier molecular flexibility index (Phi) is 10.5. The predicted octanol–water partition coefficient (Wildman–Crippen LogP) is 10.8. The maximum absolute atomic E-state index is 15.3. The summed E-state index contributed by atoms with van der Waals surface area (Å²) in [6.45, 7) is 4.56. The number of unbranched alkanes of at least 4 members (excludes halogenated alkanes) is 4. The zero-order chi connectivity index (χ0) is 24.5. The standard InChI is InChI=1S/C34H51F/c1-3-5-7-9-26-11-17-29(18-12-26)30-19-13-27(14-20-30)15-21-31-22-23-32-25-28(10-8-6-4-2)16-24-33(32)34(31)35/h16,22-27,29-30H,3-15,17-21H2,1-2H3. The molecule has 0 aliphatic heterocycles. The van der Waals surface area contributed by atoms with Gasteiger partial charge in [-0.3, -0.25) is 0 Å². The highest BCUT2D eigenvalue weighted by Crippen LogP contribution is 2.43. The lowest BCUT2D eigenvalue weighted by atomic mass is 9.68. The smallest absolute Gasteiger partial charge is 0.134 e. The van der Waals surface area contributed by atoms with Gasteiger partial charge in [0.25, 0.3) is 0 Å². The Bertz CT molecular complexity index is 883. The molecule has 0 bridgehead atoms. The molecule has 0 heterocycles. The zero-order valence-electron chi connectivity index (χ0n) is 22.8. The van der Waals surface area contributed by atoms with E-state index in [1.54, 1.807) is 0 Å². The lowest BCUT2D eigenvalue weighted by Gasteiger charge is -2.38. The van der Waals surface area contributed by atoms with Crippen LogP contribution in [-0.2, 0) is 12.8 Å². The van der Waals surface area contributed by atoms with Crippen molar-refractivity contribution in [1.29, 1.82) is 0 Å². The summed E-state index contributed by atoms with van der Waals surface area (Å²) < 4.78 is 15.3. The first-order chi connectivity index (χ1) is 17.2. The predicted molar refractivity (Wildman–Crippen MR) is 150 cm³/mol. The molecule has 0 atom stereocenters. The number of benzene rings is 2. The number of fused-ring (bicyclic) bond motifs is 1.